The summed E-state index contributed by atoms with van der Waals surface area (Å²) < 4.78 is 6.99. The van der Waals surface area contributed by atoms with Crippen molar-refractivity contribution in [1.29, 1.82) is 0 Å². The second-order valence-electron chi connectivity index (χ2n) is 3.93. The third kappa shape index (κ3) is 2.99. The van der Waals surface area contributed by atoms with Gasteiger partial charge in [0.25, 0.3) is 0 Å². The van der Waals surface area contributed by atoms with E-state index in [0.29, 0.717) is 0 Å². The normalized spacial score (nSPS) is 10.3. The molecule has 0 saturated heterocycles. The maximum Gasteiger partial charge on any atom is 0.123 e. The first kappa shape index (κ1) is 12.4. The maximum atomic E-state index is 5.30. The summed E-state index contributed by atoms with van der Waals surface area (Å²) >= 11 is 0. The zero-order chi connectivity index (χ0) is 12.8. The van der Waals surface area contributed by atoms with Crippen molar-refractivity contribution in [1.82, 2.24) is 15.1 Å². The van der Waals surface area contributed by atoms with Gasteiger partial charge in [-0.25, -0.2) is 4.68 Å². The highest BCUT2D eigenvalue weighted by molar-refractivity contribution is 5.33. The van der Waals surface area contributed by atoms with E-state index in [1.165, 1.54) is 0 Å². The summed E-state index contributed by atoms with van der Waals surface area (Å²) in [6.45, 7) is 5.20. The van der Waals surface area contributed by atoms with E-state index in [9.17, 15) is 0 Å². The fourth-order valence-electron chi connectivity index (χ4n) is 1.76. The molecular weight excluding hydrogens is 226 g/mol. The number of benzene rings is 1. The van der Waals surface area contributed by atoms with E-state index in [0.717, 1.165) is 30.0 Å². The largest absolute Gasteiger partial charge is 0.496 e. The first-order chi connectivity index (χ1) is 8.83. The quantitative estimate of drug-likeness (QED) is 0.846. The molecule has 94 valence electrons. The van der Waals surface area contributed by atoms with Gasteiger partial charge in [0.05, 0.1) is 13.3 Å². The lowest BCUT2D eigenvalue weighted by Crippen LogP contribution is -2.12. The molecule has 18 heavy (non-hydrogen) atoms. The van der Waals surface area contributed by atoms with E-state index in [1.54, 1.807) is 18.0 Å². The van der Waals surface area contributed by atoms with Crippen LogP contribution in [-0.4, -0.2) is 16.9 Å². The highest BCUT2D eigenvalue weighted by Gasteiger charge is 2.01. The SMILES string of the molecule is C=Cn1cc(CNCc2ccccc2OC)cn1. The van der Waals surface area contributed by atoms with E-state index in [-0.39, 0.29) is 0 Å². The number of nitrogens with one attached hydrogen (secondary N) is 1. The molecule has 0 atom stereocenters. The predicted molar refractivity (Wildman–Crippen MR) is 72.2 cm³/mol. The molecule has 0 unspecified atom stereocenters. The third-order valence-electron chi connectivity index (χ3n) is 2.68. The highest BCUT2D eigenvalue weighted by Crippen LogP contribution is 2.16. The Morgan fingerprint density at radius 2 is 2.22 bits per heavy atom. The van der Waals surface area contributed by atoms with Crippen LogP contribution in [0.5, 0.6) is 5.75 Å². The smallest absolute Gasteiger partial charge is 0.123 e. The van der Waals surface area contributed by atoms with Crippen LogP contribution < -0.4 is 10.1 Å². The van der Waals surface area contributed by atoms with Gasteiger partial charge in [0.15, 0.2) is 0 Å². The fourth-order valence-corrected chi connectivity index (χ4v) is 1.76. The number of methoxy groups -OCH3 is 1. The van der Waals surface area contributed by atoms with Crippen molar-refractivity contribution in [2.24, 2.45) is 0 Å². The van der Waals surface area contributed by atoms with Crippen LogP contribution in [0.1, 0.15) is 11.1 Å². The van der Waals surface area contributed by atoms with Crippen molar-refractivity contribution in [2.75, 3.05) is 7.11 Å². The third-order valence-corrected chi connectivity index (χ3v) is 2.68. The molecule has 0 amide bonds. The number of para-hydroxylation sites is 1. The molecule has 0 saturated carbocycles. The van der Waals surface area contributed by atoms with Gasteiger partial charge >= 0.3 is 0 Å². The Morgan fingerprint density at radius 3 is 2.94 bits per heavy atom. The van der Waals surface area contributed by atoms with E-state index >= 15 is 0 Å². The first-order valence-corrected chi connectivity index (χ1v) is 5.81. The average molecular weight is 243 g/mol. The summed E-state index contributed by atoms with van der Waals surface area (Å²) in [6, 6.07) is 8.00. The number of aromatic nitrogens is 2. The lowest BCUT2D eigenvalue weighted by molar-refractivity contribution is 0.407. The molecule has 1 aromatic heterocycles. The second-order valence-corrected chi connectivity index (χ2v) is 3.93. The van der Waals surface area contributed by atoms with Gasteiger partial charge in [0.1, 0.15) is 5.75 Å². The van der Waals surface area contributed by atoms with Crippen molar-refractivity contribution in [3.63, 3.8) is 0 Å². The Balaban J connectivity index is 1.90. The van der Waals surface area contributed by atoms with Crippen LogP contribution in [0.15, 0.2) is 43.2 Å². The number of rotatable bonds is 6. The molecular formula is C14H17N3O. The van der Waals surface area contributed by atoms with Crippen LogP contribution in [0.25, 0.3) is 6.20 Å². The molecule has 0 spiro atoms. The molecule has 1 aromatic carbocycles. The van der Waals surface area contributed by atoms with Crippen LogP contribution in [-0.2, 0) is 13.1 Å². The van der Waals surface area contributed by atoms with Gasteiger partial charge in [-0.3, -0.25) is 0 Å². The summed E-state index contributed by atoms with van der Waals surface area (Å²) in [5.74, 6) is 0.909. The van der Waals surface area contributed by atoms with Crippen LogP contribution >= 0.6 is 0 Å². The van der Waals surface area contributed by atoms with Crippen molar-refractivity contribution in [3.05, 3.63) is 54.4 Å². The molecule has 2 rings (SSSR count). The monoisotopic (exact) mass is 243 g/mol. The summed E-state index contributed by atoms with van der Waals surface area (Å²) in [4.78, 5) is 0. The fraction of sp³-hybridized carbons (Fsp3) is 0.214. The molecule has 0 bridgehead atoms. The summed E-state index contributed by atoms with van der Waals surface area (Å²) in [5, 5.41) is 7.49. The van der Waals surface area contributed by atoms with Crippen molar-refractivity contribution in [2.45, 2.75) is 13.1 Å². The summed E-state index contributed by atoms with van der Waals surface area (Å²) in [5.41, 5.74) is 2.28. The highest BCUT2D eigenvalue weighted by atomic mass is 16.5. The van der Waals surface area contributed by atoms with Crippen molar-refractivity contribution >= 4 is 6.20 Å². The van der Waals surface area contributed by atoms with Gasteiger partial charge in [0, 0.05) is 36.6 Å². The Labute approximate surface area is 107 Å². The van der Waals surface area contributed by atoms with Crippen LogP contribution in [0.4, 0.5) is 0 Å². The Kier molecular flexibility index (Phi) is 4.15. The van der Waals surface area contributed by atoms with E-state index in [4.69, 9.17) is 4.74 Å². The van der Waals surface area contributed by atoms with Crippen molar-refractivity contribution in [3.8, 4) is 5.75 Å². The lowest BCUT2D eigenvalue weighted by Gasteiger charge is -2.08. The van der Waals surface area contributed by atoms with Crippen LogP contribution in [0, 0.1) is 0 Å². The topological polar surface area (TPSA) is 39.1 Å². The first-order valence-electron chi connectivity index (χ1n) is 5.81. The van der Waals surface area contributed by atoms with E-state index in [2.05, 4.69) is 23.1 Å². The lowest BCUT2D eigenvalue weighted by atomic mass is 10.2. The standard InChI is InChI=1S/C14H17N3O/c1-3-17-11-12(9-16-17)8-15-10-13-6-4-5-7-14(13)18-2/h3-7,9,11,15H,1,8,10H2,2H3. The minimum absolute atomic E-state index is 0.767. The average Bonchev–Trinajstić information content (AvgIpc) is 2.87. The van der Waals surface area contributed by atoms with Crippen LogP contribution in [0.3, 0.4) is 0 Å². The van der Waals surface area contributed by atoms with Gasteiger partial charge in [-0.05, 0) is 6.07 Å². The molecule has 0 radical (unpaired) electrons. The van der Waals surface area contributed by atoms with E-state index in [1.807, 2.05) is 30.6 Å². The molecule has 1 N–H and O–H groups in total. The number of hydrogen-bond acceptors (Lipinski definition) is 3. The minimum Gasteiger partial charge on any atom is -0.496 e. The molecule has 4 nitrogen and oxygen atoms in total. The van der Waals surface area contributed by atoms with E-state index < -0.39 is 0 Å². The molecule has 0 aliphatic carbocycles. The molecule has 4 heteroatoms. The van der Waals surface area contributed by atoms with Gasteiger partial charge in [-0.2, -0.15) is 5.10 Å². The van der Waals surface area contributed by atoms with Gasteiger partial charge in [0.2, 0.25) is 0 Å². The van der Waals surface area contributed by atoms with Gasteiger partial charge in [-0.15, -0.1) is 0 Å². The second kappa shape index (κ2) is 6.02. The summed E-state index contributed by atoms with van der Waals surface area (Å²) in [7, 11) is 1.69. The Morgan fingerprint density at radius 1 is 1.39 bits per heavy atom. The molecule has 2 aromatic rings. The Hall–Kier alpha value is -2.07. The van der Waals surface area contributed by atoms with Gasteiger partial charge < -0.3 is 10.1 Å². The number of hydrogen-bond donors (Lipinski definition) is 1. The minimum atomic E-state index is 0.767. The summed E-state index contributed by atoms with van der Waals surface area (Å²) in [6.07, 6.45) is 5.45. The Bertz CT molecular complexity index is 519. The molecule has 0 aliphatic rings. The van der Waals surface area contributed by atoms with Crippen LogP contribution in [0.2, 0.25) is 0 Å². The number of ether oxygens (including phenoxy) is 1. The molecule has 0 fully saturated rings. The van der Waals surface area contributed by atoms with Crippen molar-refractivity contribution < 1.29 is 4.74 Å². The maximum absolute atomic E-state index is 5.30. The zero-order valence-electron chi connectivity index (χ0n) is 10.5. The predicted octanol–water partition coefficient (Wildman–Crippen LogP) is 2.28. The zero-order valence-corrected chi connectivity index (χ0v) is 10.5. The molecule has 0 aliphatic heterocycles. The number of nitrogens with zero attached hydrogens (tertiary/aromatic N) is 2. The van der Waals surface area contributed by atoms with Gasteiger partial charge in [-0.1, -0.05) is 24.8 Å². The molecule has 1 heterocycles.